The molecule has 26 nitrogen and oxygen atoms in total. The van der Waals surface area contributed by atoms with E-state index in [-0.39, 0.29) is 36.9 Å². The second-order valence-electron chi connectivity index (χ2n) is 18.1. The minimum atomic E-state index is -2.91. The molecule has 3 aliphatic heterocycles. The van der Waals surface area contributed by atoms with Gasteiger partial charge in [0.05, 0.1) is 43.8 Å². The van der Waals surface area contributed by atoms with Gasteiger partial charge in [0, 0.05) is 49.7 Å². The van der Waals surface area contributed by atoms with Gasteiger partial charge >= 0.3 is 5.97 Å². The zero-order valence-corrected chi connectivity index (χ0v) is 38.2. The third-order valence-electron chi connectivity index (χ3n) is 13.1. The minimum absolute atomic E-state index is 0.0240. The number of carboxylic acid groups (broad SMARTS) is 1. The topological polar surface area (TPSA) is 410 Å². The number of aromatic hydroxyl groups is 1. The van der Waals surface area contributed by atoms with Crippen LogP contribution in [0, 0.1) is 19.8 Å². The number of aryl methyl sites for hydroxylation is 2. The lowest BCUT2D eigenvalue weighted by Gasteiger charge is -2.48. The number of benzene rings is 1. The average Bonchev–Trinajstić information content (AvgIpc) is 3.80. The van der Waals surface area contributed by atoms with Crippen molar-refractivity contribution in [3.63, 3.8) is 0 Å². The van der Waals surface area contributed by atoms with Crippen LogP contribution in [0.4, 0.5) is 0 Å². The second-order valence-corrected chi connectivity index (χ2v) is 18.1. The quantitative estimate of drug-likeness (QED) is 0.0591. The van der Waals surface area contributed by atoms with Crippen molar-refractivity contribution in [1.29, 1.82) is 0 Å². The summed E-state index contributed by atoms with van der Waals surface area (Å²) in [7, 11) is 0. The Morgan fingerprint density at radius 2 is 1.59 bits per heavy atom. The first-order chi connectivity index (χ1) is 32.8. The molecule has 69 heavy (non-hydrogen) atoms. The molecule has 6 rings (SSSR count). The molecule has 0 bridgehead atoms. The Kier molecular flexibility index (Phi) is 18.8. The summed E-state index contributed by atoms with van der Waals surface area (Å²) in [5.74, 6) is -7.28. The first-order valence-corrected chi connectivity index (χ1v) is 22.9. The van der Waals surface area contributed by atoms with Gasteiger partial charge in [-0.05, 0) is 49.9 Å². The van der Waals surface area contributed by atoms with E-state index in [9.17, 15) is 70.6 Å². The lowest BCUT2D eigenvalue weighted by Crippen LogP contribution is -2.66. The number of ether oxygens (including phenoxy) is 6. The number of carbonyl (C=O) groups excluding carboxylic acids is 2. The fraction of sp³-hybridized carbons (Fsp3) is 0.744. The van der Waals surface area contributed by atoms with Crippen molar-refractivity contribution in [3.05, 3.63) is 40.7 Å². The summed E-state index contributed by atoms with van der Waals surface area (Å²) in [6.45, 7) is -0.112. The molecule has 1 aromatic heterocycles. The van der Waals surface area contributed by atoms with Gasteiger partial charge in [-0.15, -0.1) is 5.10 Å². The first-order valence-electron chi connectivity index (χ1n) is 22.9. The van der Waals surface area contributed by atoms with Crippen molar-refractivity contribution in [3.8, 4) is 5.75 Å². The van der Waals surface area contributed by atoms with E-state index in [1.807, 2.05) is 0 Å². The van der Waals surface area contributed by atoms with E-state index >= 15 is 0 Å². The van der Waals surface area contributed by atoms with E-state index < -0.39 is 148 Å². The summed E-state index contributed by atoms with van der Waals surface area (Å²) < 4.78 is 35.2. The Labute approximate surface area is 395 Å². The Morgan fingerprint density at radius 3 is 2.25 bits per heavy atom. The smallest absolute Gasteiger partial charge is 0.364 e. The van der Waals surface area contributed by atoms with Crippen LogP contribution < -0.4 is 16.4 Å². The van der Waals surface area contributed by atoms with E-state index in [0.29, 0.717) is 11.1 Å². The number of carboxylic acids is 1. The van der Waals surface area contributed by atoms with Gasteiger partial charge in [-0.25, -0.2) is 9.48 Å². The van der Waals surface area contributed by atoms with E-state index in [0.717, 1.165) is 37.8 Å². The maximum absolute atomic E-state index is 13.2. The molecule has 4 heterocycles. The van der Waals surface area contributed by atoms with Crippen LogP contribution in [0.15, 0.2) is 18.3 Å². The number of rotatable bonds is 20. The number of phenolic OH excluding ortho intramolecular Hbond substituents is 1. The Bertz CT molecular complexity index is 2000. The van der Waals surface area contributed by atoms with Gasteiger partial charge in [0.1, 0.15) is 67.2 Å². The Morgan fingerprint density at radius 1 is 0.928 bits per heavy atom. The SMILES string of the molecule is Cc1cc(C(=O)NC[C@@H](O)[C@@H](O)C2O[C@@](OCC3OC(O[C@@H]4C(CO)O[C@@H](OCCN)C(O)C4O)[C@@H](O)C(O)[C@H]3O)(C(=O)O)CC(O)[C@H]2CNC(=O)Cn2cc(C3CCCCC3)nn2)cc(C)c1O. The Balaban J connectivity index is 1.18. The van der Waals surface area contributed by atoms with Crippen molar-refractivity contribution in [1.82, 2.24) is 25.6 Å². The van der Waals surface area contributed by atoms with Crippen molar-refractivity contribution < 1.29 is 99.0 Å². The number of aromatic nitrogens is 3. The molecule has 4 aliphatic rings. The van der Waals surface area contributed by atoms with Crippen LogP contribution in [-0.4, -0.2) is 220 Å². The number of aliphatic carboxylic acids is 1. The van der Waals surface area contributed by atoms with Gasteiger partial charge in [0.25, 0.3) is 11.7 Å². The molecule has 388 valence electrons. The van der Waals surface area contributed by atoms with E-state index in [1.165, 1.54) is 16.8 Å². The molecule has 4 fully saturated rings. The molecule has 2 aromatic rings. The molecule has 8 unspecified atom stereocenters. The van der Waals surface area contributed by atoms with Crippen molar-refractivity contribution >= 4 is 17.8 Å². The number of aliphatic hydroxyl groups excluding tert-OH is 9. The average molecular weight is 987 g/mol. The number of aliphatic hydroxyl groups is 9. The summed E-state index contributed by atoms with van der Waals surface area (Å²) >= 11 is 0. The predicted octanol–water partition coefficient (Wildman–Crippen LogP) is -4.91. The highest BCUT2D eigenvalue weighted by molar-refractivity contribution is 5.94. The van der Waals surface area contributed by atoms with Crippen LogP contribution in [-0.2, 0) is 44.6 Å². The second kappa shape index (κ2) is 23.9. The van der Waals surface area contributed by atoms with Gasteiger partial charge < -0.3 is 101 Å². The molecule has 0 radical (unpaired) electrons. The number of nitrogens with two attached hydrogens (primary N) is 1. The maximum Gasteiger partial charge on any atom is 0.364 e. The fourth-order valence-corrected chi connectivity index (χ4v) is 9.09. The molecule has 15 N–H and O–H groups in total. The summed E-state index contributed by atoms with van der Waals surface area (Å²) in [5, 5.41) is 133. The van der Waals surface area contributed by atoms with E-state index in [4.69, 9.17) is 34.2 Å². The lowest BCUT2D eigenvalue weighted by molar-refractivity contribution is -0.368. The molecule has 2 amide bonds. The normalized spacial score (nSPS) is 34.2. The van der Waals surface area contributed by atoms with Gasteiger partial charge in [-0.2, -0.15) is 0 Å². The van der Waals surface area contributed by atoms with Crippen molar-refractivity contribution in [2.75, 3.05) is 39.5 Å². The molecule has 1 aromatic carbocycles. The van der Waals surface area contributed by atoms with Crippen LogP contribution in [0.2, 0.25) is 0 Å². The lowest BCUT2D eigenvalue weighted by atomic mass is 9.83. The third-order valence-corrected chi connectivity index (χ3v) is 13.1. The molecule has 0 spiro atoms. The first kappa shape index (κ1) is 54.3. The predicted molar refractivity (Wildman–Crippen MR) is 230 cm³/mol. The Hall–Kier alpha value is -4.07. The zero-order valence-electron chi connectivity index (χ0n) is 38.2. The minimum Gasteiger partial charge on any atom is -0.507 e. The molecule has 16 atom stereocenters. The molecular formula is C43H66N6O20. The van der Waals surface area contributed by atoms with E-state index in [2.05, 4.69) is 20.9 Å². The number of nitrogens with one attached hydrogen (secondary N) is 2. The van der Waals surface area contributed by atoms with E-state index in [1.54, 1.807) is 20.0 Å². The van der Waals surface area contributed by atoms with Crippen LogP contribution in [0.3, 0.4) is 0 Å². The van der Waals surface area contributed by atoms with Gasteiger partial charge in [0.2, 0.25) is 5.91 Å². The monoisotopic (exact) mass is 986 g/mol. The largest absolute Gasteiger partial charge is 0.507 e. The highest BCUT2D eigenvalue weighted by atomic mass is 16.8. The highest BCUT2D eigenvalue weighted by Crippen LogP contribution is 2.38. The summed E-state index contributed by atoms with van der Waals surface area (Å²) in [6, 6.07) is 2.80. The standard InChI is InChI=1S/C43H66N6O20/c1-19-10-22(11-20(2)30(19)54)39(61)46-14-26(52)31(55)37-23(13-45-29(53)16-49-15-24(47-48-49)21-6-4-3-5-7-21)25(51)12-43(69-37,42(62)63)65-18-28-32(56)33(57)35(59)41(67-28)68-38-27(17-50)66-40(64-9-8-44)36(60)34(38)58/h10-11,15,21,23,25-28,31-38,40-41,50-52,54-60H,3-9,12-14,16-18,44H2,1-2H3,(H,45,53)(H,46,61)(H,62,63)/t23-,25?,26-,27?,28?,31-,32+,33?,34?,35+,36?,37?,38-,40-,41?,43-/m1/s1. The summed E-state index contributed by atoms with van der Waals surface area (Å²) in [6.07, 6.45) is -19.7. The summed E-state index contributed by atoms with van der Waals surface area (Å²) in [5.41, 5.74) is 7.08. The molecule has 1 aliphatic carbocycles. The van der Waals surface area contributed by atoms with Crippen LogP contribution >= 0.6 is 0 Å². The molecule has 1 saturated carbocycles. The number of nitrogens with zero attached hydrogens (tertiary/aromatic N) is 3. The van der Waals surface area contributed by atoms with Crippen molar-refractivity contribution in [2.24, 2.45) is 11.7 Å². The number of phenols is 1. The van der Waals surface area contributed by atoms with Gasteiger partial charge in [-0.3, -0.25) is 9.59 Å². The van der Waals surface area contributed by atoms with Gasteiger partial charge in [-0.1, -0.05) is 24.5 Å². The van der Waals surface area contributed by atoms with Crippen LogP contribution in [0.5, 0.6) is 5.75 Å². The number of amides is 2. The van der Waals surface area contributed by atoms with Crippen molar-refractivity contribution in [2.45, 2.75) is 156 Å². The molecule has 3 saturated heterocycles. The van der Waals surface area contributed by atoms with Gasteiger partial charge in [0.15, 0.2) is 12.6 Å². The number of hydrogen-bond donors (Lipinski definition) is 14. The number of carbonyl (C=O) groups is 3. The zero-order chi connectivity index (χ0) is 50.3. The molecular weight excluding hydrogens is 920 g/mol. The summed E-state index contributed by atoms with van der Waals surface area (Å²) in [4.78, 5) is 39.5. The molecule has 26 heteroatoms. The highest BCUT2D eigenvalue weighted by Gasteiger charge is 2.57. The number of hydrogen-bond acceptors (Lipinski definition) is 22. The van der Waals surface area contributed by atoms with Crippen LogP contribution in [0.25, 0.3) is 0 Å². The van der Waals surface area contributed by atoms with Crippen LogP contribution in [0.1, 0.15) is 71.6 Å². The third kappa shape index (κ3) is 12.7. The fourth-order valence-electron chi connectivity index (χ4n) is 9.09. The maximum atomic E-state index is 13.2.